The van der Waals surface area contributed by atoms with E-state index in [0.29, 0.717) is 16.1 Å². The number of aliphatic hydroxyl groups excluding tert-OH is 1. The van der Waals surface area contributed by atoms with Gasteiger partial charge in [-0.3, -0.25) is 4.79 Å². The van der Waals surface area contributed by atoms with E-state index < -0.39 is 11.6 Å². The number of hydrogen-bond donors (Lipinski definition) is 2. The van der Waals surface area contributed by atoms with Crippen LogP contribution in [0.5, 0.6) is 0 Å². The van der Waals surface area contributed by atoms with E-state index >= 15 is 0 Å². The van der Waals surface area contributed by atoms with Crippen LogP contribution in [0.25, 0.3) is 0 Å². The number of halogens is 1. The summed E-state index contributed by atoms with van der Waals surface area (Å²) in [7, 11) is 0. The zero-order valence-corrected chi connectivity index (χ0v) is 15.3. The number of hydrogen-bond acceptors (Lipinski definition) is 2. The van der Waals surface area contributed by atoms with Crippen LogP contribution in [0.4, 0.5) is 0 Å². The van der Waals surface area contributed by atoms with Gasteiger partial charge in [0.15, 0.2) is 0 Å². The van der Waals surface area contributed by atoms with Crippen molar-refractivity contribution in [1.82, 2.24) is 5.32 Å². The van der Waals surface area contributed by atoms with E-state index in [4.69, 9.17) is 11.6 Å². The van der Waals surface area contributed by atoms with Crippen LogP contribution in [0.2, 0.25) is 5.02 Å². The molecule has 0 saturated heterocycles. The molecule has 0 aromatic heterocycles. The first-order valence-corrected chi connectivity index (χ1v) is 8.45. The SMILES string of the molecule is CC(C)C(O)c1ccc(C(=O)NC(C)(C)c2ccccc2)cc1Cl. The van der Waals surface area contributed by atoms with Gasteiger partial charge in [-0.15, -0.1) is 0 Å². The van der Waals surface area contributed by atoms with Gasteiger partial charge in [0.1, 0.15) is 0 Å². The first-order chi connectivity index (χ1) is 11.2. The van der Waals surface area contributed by atoms with Crippen molar-refractivity contribution in [3.63, 3.8) is 0 Å². The molecule has 0 aliphatic rings. The summed E-state index contributed by atoms with van der Waals surface area (Å²) < 4.78 is 0. The summed E-state index contributed by atoms with van der Waals surface area (Å²) in [6, 6.07) is 14.8. The fourth-order valence-electron chi connectivity index (χ4n) is 2.55. The zero-order valence-electron chi connectivity index (χ0n) is 14.5. The summed E-state index contributed by atoms with van der Waals surface area (Å²) >= 11 is 6.26. The molecule has 2 aromatic rings. The molecular formula is C20H24ClNO2. The Bertz CT molecular complexity index is 711. The zero-order chi connectivity index (χ0) is 17.9. The van der Waals surface area contributed by atoms with Crippen molar-refractivity contribution in [1.29, 1.82) is 0 Å². The smallest absolute Gasteiger partial charge is 0.252 e. The maximum atomic E-state index is 12.6. The van der Waals surface area contributed by atoms with Gasteiger partial charge in [-0.1, -0.05) is 61.8 Å². The van der Waals surface area contributed by atoms with Crippen molar-refractivity contribution in [3.05, 3.63) is 70.2 Å². The van der Waals surface area contributed by atoms with Gasteiger partial charge in [0.25, 0.3) is 5.91 Å². The van der Waals surface area contributed by atoms with Crippen molar-refractivity contribution in [2.24, 2.45) is 5.92 Å². The molecule has 0 heterocycles. The average Bonchev–Trinajstić information content (AvgIpc) is 2.54. The maximum absolute atomic E-state index is 12.6. The molecule has 128 valence electrons. The lowest BCUT2D eigenvalue weighted by molar-refractivity contribution is 0.0911. The topological polar surface area (TPSA) is 49.3 Å². The maximum Gasteiger partial charge on any atom is 0.252 e. The van der Waals surface area contributed by atoms with Crippen LogP contribution in [0.3, 0.4) is 0 Å². The number of benzene rings is 2. The summed E-state index contributed by atoms with van der Waals surface area (Å²) in [5.41, 5.74) is 1.64. The first-order valence-electron chi connectivity index (χ1n) is 8.08. The lowest BCUT2D eigenvalue weighted by Crippen LogP contribution is -2.41. The minimum Gasteiger partial charge on any atom is -0.388 e. The summed E-state index contributed by atoms with van der Waals surface area (Å²) in [5.74, 6) is -0.143. The molecule has 1 unspecified atom stereocenters. The molecular weight excluding hydrogens is 322 g/mol. The van der Waals surface area contributed by atoms with Crippen molar-refractivity contribution in [3.8, 4) is 0 Å². The summed E-state index contributed by atoms with van der Waals surface area (Å²) in [6.07, 6.45) is -0.643. The molecule has 24 heavy (non-hydrogen) atoms. The highest BCUT2D eigenvalue weighted by Gasteiger charge is 2.24. The Kier molecular flexibility index (Phi) is 5.68. The van der Waals surface area contributed by atoms with E-state index in [-0.39, 0.29) is 11.8 Å². The van der Waals surface area contributed by atoms with Crippen molar-refractivity contribution in [2.75, 3.05) is 0 Å². The number of carbonyl (C=O) groups excluding carboxylic acids is 1. The molecule has 0 fully saturated rings. The molecule has 2 rings (SSSR count). The molecule has 0 aliphatic carbocycles. The number of carbonyl (C=O) groups is 1. The highest BCUT2D eigenvalue weighted by molar-refractivity contribution is 6.31. The van der Waals surface area contributed by atoms with Crippen LogP contribution in [-0.2, 0) is 5.54 Å². The van der Waals surface area contributed by atoms with Gasteiger partial charge < -0.3 is 10.4 Å². The van der Waals surface area contributed by atoms with Crippen LogP contribution < -0.4 is 5.32 Å². The Labute approximate surface area is 148 Å². The lowest BCUT2D eigenvalue weighted by Gasteiger charge is -2.27. The van der Waals surface area contributed by atoms with Gasteiger partial charge >= 0.3 is 0 Å². The minimum absolute atomic E-state index is 0.0548. The Morgan fingerprint density at radius 1 is 1.12 bits per heavy atom. The van der Waals surface area contributed by atoms with Crippen LogP contribution in [0, 0.1) is 5.92 Å². The highest BCUT2D eigenvalue weighted by Crippen LogP contribution is 2.29. The van der Waals surface area contributed by atoms with E-state index in [2.05, 4.69) is 5.32 Å². The predicted octanol–water partition coefficient (Wildman–Crippen LogP) is 4.69. The quantitative estimate of drug-likeness (QED) is 0.825. The Hall–Kier alpha value is -1.84. The van der Waals surface area contributed by atoms with Crippen LogP contribution in [-0.4, -0.2) is 11.0 Å². The van der Waals surface area contributed by atoms with Crippen LogP contribution in [0.15, 0.2) is 48.5 Å². The standard InChI is InChI=1S/C20H24ClNO2/c1-13(2)18(23)16-11-10-14(12-17(16)21)19(24)22-20(3,4)15-8-6-5-7-9-15/h5-13,18,23H,1-4H3,(H,22,24). The van der Waals surface area contributed by atoms with Gasteiger partial charge in [-0.2, -0.15) is 0 Å². The third-order valence-corrected chi connectivity index (χ3v) is 4.46. The third-order valence-electron chi connectivity index (χ3n) is 4.13. The fourth-order valence-corrected chi connectivity index (χ4v) is 2.84. The Morgan fingerprint density at radius 2 is 1.75 bits per heavy atom. The number of aliphatic hydroxyl groups is 1. The normalized spacial score (nSPS) is 13.0. The average molecular weight is 346 g/mol. The number of rotatable bonds is 5. The van der Waals surface area contributed by atoms with E-state index in [1.807, 2.05) is 58.0 Å². The summed E-state index contributed by atoms with van der Waals surface area (Å²) in [6.45, 7) is 7.76. The van der Waals surface area contributed by atoms with E-state index in [1.54, 1.807) is 18.2 Å². The van der Waals surface area contributed by atoms with Gasteiger partial charge in [-0.05, 0) is 43.0 Å². The Morgan fingerprint density at radius 3 is 2.29 bits per heavy atom. The summed E-state index contributed by atoms with van der Waals surface area (Å²) in [5, 5.41) is 13.6. The van der Waals surface area contributed by atoms with Gasteiger partial charge in [-0.25, -0.2) is 0 Å². The van der Waals surface area contributed by atoms with Gasteiger partial charge in [0.05, 0.1) is 11.6 Å². The van der Waals surface area contributed by atoms with Crippen molar-refractivity contribution in [2.45, 2.75) is 39.3 Å². The fraction of sp³-hybridized carbons (Fsp3) is 0.350. The monoisotopic (exact) mass is 345 g/mol. The van der Waals surface area contributed by atoms with E-state index in [0.717, 1.165) is 5.56 Å². The van der Waals surface area contributed by atoms with Crippen molar-refractivity contribution < 1.29 is 9.90 Å². The first kappa shape index (κ1) is 18.5. The number of nitrogens with one attached hydrogen (secondary N) is 1. The molecule has 0 bridgehead atoms. The molecule has 0 radical (unpaired) electrons. The highest BCUT2D eigenvalue weighted by atomic mass is 35.5. The molecule has 2 aromatic carbocycles. The molecule has 0 spiro atoms. The third kappa shape index (κ3) is 4.16. The van der Waals surface area contributed by atoms with E-state index in [9.17, 15) is 9.90 Å². The lowest BCUT2D eigenvalue weighted by atomic mass is 9.93. The van der Waals surface area contributed by atoms with Gasteiger partial charge in [0, 0.05) is 10.6 Å². The molecule has 4 heteroatoms. The Balaban J connectivity index is 2.20. The largest absolute Gasteiger partial charge is 0.388 e. The molecule has 0 aliphatic heterocycles. The minimum atomic E-state index is -0.643. The van der Waals surface area contributed by atoms with Crippen LogP contribution in [0.1, 0.15) is 55.3 Å². The van der Waals surface area contributed by atoms with E-state index in [1.165, 1.54) is 0 Å². The molecule has 1 amide bonds. The second kappa shape index (κ2) is 7.37. The summed E-state index contributed by atoms with van der Waals surface area (Å²) in [4.78, 5) is 12.6. The molecule has 1 atom stereocenters. The second-order valence-corrected chi connectivity index (χ2v) is 7.28. The molecule has 3 nitrogen and oxygen atoms in total. The van der Waals surface area contributed by atoms with Crippen LogP contribution >= 0.6 is 11.6 Å². The second-order valence-electron chi connectivity index (χ2n) is 6.87. The van der Waals surface area contributed by atoms with Crippen molar-refractivity contribution >= 4 is 17.5 Å². The molecule has 0 saturated carbocycles. The predicted molar refractivity (Wildman–Crippen MR) is 98.2 cm³/mol. The molecule has 2 N–H and O–H groups in total. The van der Waals surface area contributed by atoms with Gasteiger partial charge in [0.2, 0.25) is 0 Å². The number of amides is 1.